The summed E-state index contributed by atoms with van der Waals surface area (Å²) in [6.45, 7) is 2.52. The third-order valence-electron chi connectivity index (χ3n) is 3.61. The molecule has 5 nitrogen and oxygen atoms in total. The second kappa shape index (κ2) is 6.08. The number of ether oxygens (including phenoxy) is 1. The summed E-state index contributed by atoms with van der Waals surface area (Å²) in [7, 11) is 0. The molecule has 1 aliphatic rings. The number of carbonyl (C=O) groups excluding carboxylic acids is 1. The second-order valence-corrected chi connectivity index (χ2v) is 5.33. The lowest BCUT2D eigenvalue weighted by Gasteiger charge is -2.22. The van der Waals surface area contributed by atoms with Crippen LogP contribution in [0.3, 0.4) is 0 Å². The molecule has 0 bridgehead atoms. The van der Waals surface area contributed by atoms with Gasteiger partial charge in [0.1, 0.15) is 11.5 Å². The van der Waals surface area contributed by atoms with E-state index >= 15 is 0 Å². The van der Waals surface area contributed by atoms with E-state index in [4.69, 9.17) is 9.26 Å². The summed E-state index contributed by atoms with van der Waals surface area (Å²) in [4.78, 5) is 16.0. The minimum atomic E-state index is 0.0821. The van der Waals surface area contributed by atoms with Crippen LogP contribution in [0, 0.1) is 0 Å². The van der Waals surface area contributed by atoms with Crippen LogP contribution in [-0.4, -0.2) is 22.5 Å². The van der Waals surface area contributed by atoms with E-state index < -0.39 is 0 Å². The molecule has 1 aromatic carbocycles. The maximum atomic E-state index is 11.6. The highest BCUT2D eigenvalue weighted by Crippen LogP contribution is 2.30. The molecule has 2 heterocycles. The summed E-state index contributed by atoms with van der Waals surface area (Å²) in [5, 5.41) is 4.01. The minimum Gasteiger partial charge on any atom is -0.493 e. The number of fused-ring (bicyclic) bond motifs is 1. The highest BCUT2D eigenvalue weighted by molar-refractivity contribution is 5.79. The van der Waals surface area contributed by atoms with Crippen LogP contribution in [-0.2, 0) is 17.6 Å². The standard InChI is InChI=1S/C16H18N2O3/c1-2-5-13(19)9-15-17-16(18-21-15)12-8-11-6-3-4-7-14(11)20-10-12/h3-4,6-7,12H,2,5,8-10H2,1H3. The number of carbonyl (C=O) groups is 1. The van der Waals surface area contributed by atoms with E-state index in [0.29, 0.717) is 24.7 Å². The van der Waals surface area contributed by atoms with Crippen LogP contribution < -0.4 is 4.74 Å². The Hall–Kier alpha value is -2.17. The first-order chi connectivity index (χ1) is 10.3. The molecule has 1 aromatic heterocycles. The van der Waals surface area contributed by atoms with Gasteiger partial charge in [0.25, 0.3) is 0 Å². The molecule has 110 valence electrons. The van der Waals surface area contributed by atoms with Crippen LogP contribution in [0.4, 0.5) is 0 Å². The number of ketones is 1. The van der Waals surface area contributed by atoms with Crippen LogP contribution in [0.1, 0.15) is 43.0 Å². The molecule has 1 unspecified atom stereocenters. The van der Waals surface area contributed by atoms with Gasteiger partial charge in [-0.25, -0.2) is 0 Å². The first-order valence-corrected chi connectivity index (χ1v) is 7.31. The van der Waals surface area contributed by atoms with Gasteiger partial charge in [0.05, 0.1) is 18.9 Å². The lowest BCUT2D eigenvalue weighted by molar-refractivity contribution is -0.118. The average molecular weight is 286 g/mol. The molecule has 0 amide bonds. The van der Waals surface area contributed by atoms with Crippen molar-refractivity contribution in [1.82, 2.24) is 10.1 Å². The maximum absolute atomic E-state index is 11.6. The SMILES string of the molecule is CCCC(=O)Cc1nc(C2COc3ccccc3C2)no1. The fraction of sp³-hybridized carbons (Fsp3) is 0.438. The van der Waals surface area contributed by atoms with Crippen LogP contribution in [0.2, 0.25) is 0 Å². The summed E-state index contributed by atoms with van der Waals surface area (Å²) < 4.78 is 10.9. The van der Waals surface area contributed by atoms with Crippen molar-refractivity contribution in [1.29, 1.82) is 0 Å². The molecule has 0 radical (unpaired) electrons. The number of benzene rings is 1. The molecule has 0 saturated heterocycles. The van der Waals surface area contributed by atoms with Crippen molar-refractivity contribution in [2.24, 2.45) is 0 Å². The van der Waals surface area contributed by atoms with Crippen molar-refractivity contribution in [3.8, 4) is 5.75 Å². The Balaban J connectivity index is 1.69. The third-order valence-corrected chi connectivity index (χ3v) is 3.61. The lowest BCUT2D eigenvalue weighted by Crippen LogP contribution is -2.20. The molecule has 0 aliphatic carbocycles. The van der Waals surface area contributed by atoms with Crippen molar-refractivity contribution in [2.45, 2.75) is 38.5 Å². The number of rotatable bonds is 5. The second-order valence-electron chi connectivity index (χ2n) is 5.33. The molecular formula is C16H18N2O3. The third kappa shape index (κ3) is 3.12. The molecular weight excluding hydrogens is 268 g/mol. The smallest absolute Gasteiger partial charge is 0.234 e. The quantitative estimate of drug-likeness (QED) is 0.845. The van der Waals surface area contributed by atoms with Gasteiger partial charge in [-0.2, -0.15) is 4.98 Å². The summed E-state index contributed by atoms with van der Waals surface area (Å²) in [6.07, 6.45) is 2.45. The van der Waals surface area contributed by atoms with Crippen molar-refractivity contribution in [3.05, 3.63) is 41.5 Å². The molecule has 0 spiro atoms. The van der Waals surface area contributed by atoms with E-state index in [1.54, 1.807) is 0 Å². The van der Waals surface area contributed by atoms with Gasteiger partial charge in [0, 0.05) is 6.42 Å². The van der Waals surface area contributed by atoms with Gasteiger partial charge >= 0.3 is 0 Å². The van der Waals surface area contributed by atoms with Gasteiger partial charge in [0.2, 0.25) is 5.89 Å². The Labute approximate surface area is 123 Å². The lowest BCUT2D eigenvalue weighted by atomic mass is 9.96. The first kappa shape index (κ1) is 13.8. The number of Topliss-reactive ketones (excluding diaryl/α,β-unsaturated/α-hetero) is 1. The molecule has 3 rings (SSSR count). The van der Waals surface area contributed by atoms with Gasteiger partial charge in [-0.1, -0.05) is 30.3 Å². The van der Waals surface area contributed by atoms with Gasteiger partial charge in [0.15, 0.2) is 5.82 Å². The van der Waals surface area contributed by atoms with Crippen LogP contribution in [0.5, 0.6) is 5.75 Å². The Bertz CT molecular complexity index is 636. The maximum Gasteiger partial charge on any atom is 0.234 e. The van der Waals surface area contributed by atoms with E-state index in [1.807, 2.05) is 31.2 Å². The summed E-state index contributed by atoms with van der Waals surface area (Å²) in [5.41, 5.74) is 1.15. The first-order valence-electron chi connectivity index (χ1n) is 7.31. The van der Waals surface area contributed by atoms with Crippen molar-refractivity contribution >= 4 is 5.78 Å². The zero-order valence-electron chi connectivity index (χ0n) is 12.0. The number of aromatic nitrogens is 2. The van der Waals surface area contributed by atoms with E-state index in [-0.39, 0.29) is 18.1 Å². The zero-order chi connectivity index (χ0) is 14.7. The van der Waals surface area contributed by atoms with E-state index in [9.17, 15) is 4.79 Å². The molecule has 0 fully saturated rings. The monoisotopic (exact) mass is 286 g/mol. The summed E-state index contributed by atoms with van der Waals surface area (Å²) >= 11 is 0. The molecule has 21 heavy (non-hydrogen) atoms. The van der Waals surface area contributed by atoms with E-state index in [2.05, 4.69) is 10.1 Å². The van der Waals surface area contributed by atoms with Gasteiger partial charge in [-0.05, 0) is 24.5 Å². The number of hydrogen-bond acceptors (Lipinski definition) is 5. The zero-order valence-corrected chi connectivity index (χ0v) is 12.0. The molecule has 0 saturated carbocycles. The molecule has 5 heteroatoms. The van der Waals surface area contributed by atoms with E-state index in [0.717, 1.165) is 24.2 Å². The Morgan fingerprint density at radius 3 is 3.10 bits per heavy atom. The van der Waals surface area contributed by atoms with Crippen LogP contribution >= 0.6 is 0 Å². The van der Waals surface area contributed by atoms with Crippen molar-refractivity contribution in [2.75, 3.05) is 6.61 Å². The fourth-order valence-corrected chi connectivity index (χ4v) is 2.54. The van der Waals surface area contributed by atoms with Gasteiger partial charge in [-0.15, -0.1) is 0 Å². The Kier molecular flexibility index (Phi) is 3.99. The molecule has 0 N–H and O–H groups in total. The van der Waals surface area contributed by atoms with Crippen LogP contribution in [0.15, 0.2) is 28.8 Å². The highest BCUT2D eigenvalue weighted by atomic mass is 16.5. The largest absolute Gasteiger partial charge is 0.493 e. The number of nitrogens with zero attached hydrogens (tertiary/aromatic N) is 2. The summed E-state index contributed by atoms with van der Waals surface area (Å²) in [5.74, 6) is 2.18. The number of para-hydroxylation sites is 1. The van der Waals surface area contributed by atoms with Gasteiger partial charge in [-0.3, -0.25) is 4.79 Å². The van der Waals surface area contributed by atoms with Gasteiger partial charge < -0.3 is 9.26 Å². The number of hydrogen-bond donors (Lipinski definition) is 0. The van der Waals surface area contributed by atoms with Crippen molar-refractivity contribution in [3.63, 3.8) is 0 Å². The normalized spacial score (nSPS) is 17.1. The molecule has 2 aromatic rings. The highest BCUT2D eigenvalue weighted by Gasteiger charge is 2.25. The Morgan fingerprint density at radius 2 is 2.24 bits per heavy atom. The average Bonchev–Trinajstić information content (AvgIpc) is 2.95. The summed E-state index contributed by atoms with van der Waals surface area (Å²) in [6, 6.07) is 7.98. The fourth-order valence-electron chi connectivity index (χ4n) is 2.54. The predicted molar refractivity (Wildman–Crippen MR) is 76.3 cm³/mol. The molecule has 1 aliphatic heterocycles. The topological polar surface area (TPSA) is 65.2 Å². The van der Waals surface area contributed by atoms with Crippen LogP contribution in [0.25, 0.3) is 0 Å². The minimum absolute atomic E-state index is 0.0821. The van der Waals surface area contributed by atoms with Crippen molar-refractivity contribution < 1.29 is 14.1 Å². The van der Waals surface area contributed by atoms with E-state index in [1.165, 1.54) is 0 Å². The Morgan fingerprint density at radius 1 is 1.38 bits per heavy atom. The predicted octanol–water partition coefficient (Wildman–Crippen LogP) is 2.70. The molecule has 1 atom stereocenters.